The van der Waals surface area contributed by atoms with Crippen LogP contribution in [0, 0.1) is 11.7 Å². The maximum atomic E-state index is 14.5. The lowest BCUT2D eigenvalue weighted by atomic mass is 10.1. The molecule has 0 fully saturated rings. The highest BCUT2D eigenvalue weighted by Gasteiger charge is 2.14. The van der Waals surface area contributed by atoms with Crippen LogP contribution in [0.15, 0.2) is 18.2 Å². The Morgan fingerprint density at radius 2 is 1.90 bits per heavy atom. The Labute approximate surface area is 129 Å². The van der Waals surface area contributed by atoms with E-state index in [2.05, 4.69) is 44.8 Å². The lowest BCUT2D eigenvalue weighted by molar-refractivity contribution is 0.534. The standard InChI is InChI=1S/C18H31FN2/c1-6-11-20-15(5)16-9-10-18(17(19)12-16)21(8-3)13-14(4)7-2/h9-10,12,14-15,20H,6-8,11,13H2,1-5H3. The summed E-state index contributed by atoms with van der Waals surface area (Å²) >= 11 is 0. The van der Waals surface area contributed by atoms with Crippen LogP contribution in [0.3, 0.4) is 0 Å². The summed E-state index contributed by atoms with van der Waals surface area (Å²) in [4.78, 5) is 2.14. The fourth-order valence-corrected chi connectivity index (χ4v) is 2.43. The van der Waals surface area contributed by atoms with Crippen LogP contribution >= 0.6 is 0 Å². The summed E-state index contributed by atoms with van der Waals surface area (Å²) in [5.74, 6) is 0.469. The Morgan fingerprint density at radius 1 is 1.19 bits per heavy atom. The van der Waals surface area contributed by atoms with Gasteiger partial charge < -0.3 is 10.2 Å². The van der Waals surface area contributed by atoms with Crippen LogP contribution in [-0.2, 0) is 0 Å². The quantitative estimate of drug-likeness (QED) is 0.706. The van der Waals surface area contributed by atoms with E-state index in [-0.39, 0.29) is 11.9 Å². The van der Waals surface area contributed by atoms with Crippen molar-refractivity contribution in [2.24, 2.45) is 5.92 Å². The van der Waals surface area contributed by atoms with Gasteiger partial charge in [0.2, 0.25) is 0 Å². The topological polar surface area (TPSA) is 15.3 Å². The zero-order valence-electron chi connectivity index (χ0n) is 14.2. The van der Waals surface area contributed by atoms with Crippen molar-refractivity contribution in [2.45, 2.75) is 53.5 Å². The number of anilines is 1. The van der Waals surface area contributed by atoms with E-state index in [0.717, 1.165) is 43.7 Å². The van der Waals surface area contributed by atoms with Gasteiger partial charge in [-0.3, -0.25) is 0 Å². The Bertz CT molecular complexity index is 420. The normalized spacial score (nSPS) is 14.0. The van der Waals surface area contributed by atoms with Gasteiger partial charge in [0.05, 0.1) is 5.69 Å². The Balaban J connectivity index is 2.85. The molecule has 0 aliphatic heterocycles. The van der Waals surface area contributed by atoms with Crippen molar-refractivity contribution in [3.05, 3.63) is 29.6 Å². The van der Waals surface area contributed by atoms with E-state index in [1.54, 1.807) is 6.07 Å². The lowest BCUT2D eigenvalue weighted by Gasteiger charge is -2.27. The molecule has 0 bridgehead atoms. The van der Waals surface area contributed by atoms with Crippen molar-refractivity contribution in [1.82, 2.24) is 5.32 Å². The van der Waals surface area contributed by atoms with Crippen LogP contribution in [0.4, 0.5) is 10.1 Å². The number of hydrogen-bond acceptors (Lipinski definition) is 2. The van der Waals surface area contributed by atoms with Gasteiger partial charge in [0, 0.05) is 19.1 Å². The van der Waals surface area contributed by atoms with Gasteiger partial charge >= 0.3 is 0 Å². The molecule has 0 aliphatic rings. The molecule has 120 valence electrons. The second-order valence-electron chi connectivity index (χ2n) is 5.94. The molecule has 1 aromatic carbocycles. The highest BCUT2D eigenvalue weighted by atomic mass is 19.1. The van der Waals surface area contributed by atoms with E-state index in [4.69, 9.17) is 0 Å². The highest BCUT2D eigenvalue weighted by molar-refractivity contribution is 5.49. The molecule has 0 heterocycles. The van der Waals surface area contributed by atoms with Crippen molar-refractivity contribution in [3.8, 4) is 0 Å². The summed E-state index contributed by atoms with van der Waals surface area (Å²) in [7, 11) is 0. The third-order valence-corrected chi connectivity index (χ3v) is 4.12. The molecule has 0 aliphatic carbocycles. The maximum absolute atomic E-state index is 14.5. The third-order valence-electron chi connectivity index (χ3n) is 4.12. The minimum Gasteiger partial charge on any atom is -0.369 e. The van der Waals surface area contributed by atoms with E-state index in [1.807, 2.05) is 12.1 Å². The number of hydrogen-bond donors (Lipinski definition) is 1. The molecule has 0 spiro atoms. The van der Waals surface area contributed by atoms with Crippen molar-refractivity contribution in [3.63, 3.8) is 0 Å². The lowest BCUT2D eigenvalue weighted by Crippen LogP contribution is -2.29. The van der Waals surface area contributed by atoms with Crippen LogP contribution < -0.4 is 10.2 Å². The predicted molar refractivity (Wildman–Crippen MR) is 90.5 cm³/mol. The minimum absolute atomic E-state index is 0.109. The van der Waals surface area contributed by atoms with Gasteiger partial charge in [-0.15, -0.1) is 0 Å². The van der Waals surface area contributed by atoms with Crippen molar-refractivity contribution < 1.29 is 4.39 Å². The molecule has 1 aromatic rings. The van der Waals surface area contributed by atoms with Gasteiger partial charge in [0.25, 0.3) is 0 Å². The molecule has 0 saturated carbocycles. The van der Waals surface area contributed by atoms with E-state index in [0.29, 0.717) is 5.92 Å². The third kappa shape index (κ3) is 5.31. The first-order valence-corrected chi connectivity index (χ1v) is 8.31. The van der Waals surface area contributed by atoms with Crippen molar-refractivity contribution in [2.75, 3.05) is 24.5 Å². The number of nitrogens with zero attached hydrogens (tertiary/aromatic N) is 1. The Kier molecular flexibility index (Phi) is 7.73. The van der Waals surface area contributed by atoms with Gasteiger partial charge in [-0.2, -0.15) is 0 Å². The maximum Gasteiger partial charge on any atom is 0.146 e. The smallest absolute Gasteiger partial charge is 0.146 e. The fourth-order valence-electron chi connectivity index (χ4n) is 2.43. The number of halogens is 1. The molecular formula is C18H31FN2. The van der Waals surface area contributed by atoms with Gasteiger partial charge in [0.15, 0.2) is 0 Å². The Morgan fingerprint density at radius 3 is 2.43 bits per heavy atom. The molecule has 1 N–H and O–H groups in total. The monoisotopic (exact) mass is 294 g/mol. The van der Waals surface area contributed by atoms with E-state index in [1.165, 1.54) is 0 Å². The van der Waals surface area contributed by atoms with Crippen molar-refractivity contribution >= 4 is 5.69 Å². The molecule has 2 nitrogen and oxygen atoms in total. The summed E-state index contributed by atoms with van der Waals surface area (Å²) in [6.07, 6.45) is 2.21. The molecule has 0 saturated heterocycles. The molecule has 0 aromatic heterocycles. The number of benzene rings is 1. The zero-order chi connectivity index (χ0) is 15.8. The second-order valence-corrected chi connectivity index (χ2v) is 5.94. The van der Waals surface area contributed by atoms with E-state index < -0.39 is 0 Å². The second kappa shape index (κ2) is 9.04. The average Bonchev–Trinajstić information content (AvgIpc) is 2.50. The first-order valence-electron chi connectivity index (χ1n) is 8.31. The summed E-state index contributed by atoms with van der Waals surface area (Å²) in [6, 6.07) is 5.85. The van der Waals surface area contributed by atoms with Crippen LogP contribution in [0.2, 0.25) is 0 Å². The van der Waals surface area contributed by atoms with Crippen LogP contribution in [0.5, 0.6) is 0 Å². The van der Waals surface area contributed by atoms with Crippen LogP contribution in [0.1, 0.15) is 59.1 Å². The molecule has 21 heavy (non-hydrogen) atoms. The van der Waals surface area contributed by atoms with E-state index in [9.17, 15) is 4.39 Å². The van der Waals surface area contributed by atoms with E-state index >= 15 is 0 Å². The molecule has 3 heteroatoms. The fraction of sp³-hybridized carbons (Fsp3) is 0.667. The first-order chi connectivity index (χ1) is 10.0. The highest BCUT2D eigenvalue weighted by Crippen LogP contribution is 2.24. The van der Waals surface area contributed by atoms with Gasteiger partial charge in [0.1, 0.15) is 5.82 Å². The summed E-state index contributed by atoms with van der Waals surface area (Å²) in [6.45, 7) is 13.4. The molecule has 0 radical (unpaired) electrons. The van der Waals surface area contributed by atoms with Gasteiger partial charge in [-0.1, -0.05) is 33.3 Å². The largest absolute Gasteiger partial charge is 0.369 e. The molecule has 2 atom stereocenters. The molecular weight excluding hydrogens is 263 g/mol. The SMILES string of the molecule is CCCNC(C)c1ccc(N(CC)CC(C)CC)c(F)c1. The number of rotatable bonds is 9. The summed E-state index contributed by atoms with van der Waals surface area (Å²) in [5, 5.41) is 3.40. The van der Waals surface area contributed by atoms with Crippen LogP contribution in [0.25, 0.3) is 0 Å². The summed E-state index contributed by atoms with van der Waals surface area (Å²) in [5.41, 5.74) is 1.74. The average molecular weight is 294 g/mol. The molecule has 2 unspecified atom stereocenters. The van der Waals surface area contributed by atoms with Gasteiger partial charge in [-0.25, -0.2) is 4.39 Å². The van der Waals surface area contributed by atoms with Gasteiger partial charge in [-0.05, 0) is 50.4 Å². The molecule has 0 amide bonds. The number of nitrogens with one attached hydrogen (secondary N) is 1. The first kappa shape index (κ1) is 18.0. The zero-order valence-corrected chi connectivity index (χ0v) is 14.2. The Hall–Kier alpha value is -1.09. The van der Waals surface area contributed by atoms with Crippen molar-refractivity contribution in [1.29, 1.82) is 0 Å². The molecule has 1 rings (SSSR count). The summed E-state index contributed by atoms with van der Waals surface area (Å²) < 4.78 is 14.5. The predicted octanol–water partition coefficient (Wildman–Crippen LogP) is 4.76. The van der Waals surface area contributed by atoms with Crippen LogP contribution in [-0.4, -0.2) is 19.6 Å². The minimum atomic E-state index is -0.109.